The van der Waals surface area contributed by atoms with Gasteiger partial charge < -0.3 is 16.0 Å². The molecule has 5 nitrogen and oxygen atoms in total. The second-order valence-electron chi connectivity index (χ2n) is 4.81. The number of nitrogen functional groups attached to an aromatic ring is 1. The van der Waals surface area contributed by atoms with Crippen LogP contribution in [0, 0.1) is 11.6 Å². The summed E-state index contributed by atoms with van der Waals surface area (Å²) in [5, 5.41) is 2.53. The number of carbonyl (C=O) groups excluding carboxylic acids is 2. The van der Waals surface area contributed by atoms with E-state index in [9.17, 15) is 18.4 Å². The largest absolute Gasteiger partial charge is 0.396 e. The average Bonchev–Trinajstić information content (AvgIpc) is 2.39. The van der Waals surface area contributed by atoms with Crippen LogP contribution in [0.2, 0.25) is 0 Å². The topological polar surface area (TPSA) is 75.4 Å². The SMILES string of the molecule is CN1CC(NC(=O)c2c(F)ccc(N)c2F)CCC1=O. The van der Waals surface area contributed by atoms with E-state index >= 15 is 0 Å². The summed E-state index contributed by atoms with van der Waals surface area (Å²) in [7, 11) is 1.61. The van der Waals surface area contributed by atoms with E-state index in [1.165, 1.54) is 4.90 Å². The molecule has 1 unspecified atom stereocenters. The highest BCUT2D eigenvalue weighted by molar-refractivity contribution is 5.96. The quantitative estimate of drug-likeness (QED) is 0.792. The van der Waals surface area contributed by atoms with Crippen molar-refractivity contribution < 1.29 is 18.4 Å². The molecule has 1 atom stereocenters. The van der Waals surface area contributed by atoms with Gasteiger partial charge in [-0.25, -0.2) is 8.78 Å². The second-order valence-corrected chi connectivity index (χ2v) is 4.81. The van der Waals surface area contributed by atoms with Crippen molar-refractivity contribution in [2.24, 2.45) is 0 Å². The molecule has 2 rings (SSSR count). The summed E-state index contributed by atoms with van der Waals surface area (Å²) in [6.07, 6.45) is 0.740. The number of likely N-dealkylation sites (tertiary alicyclic amines) is 1. The number of nitrogens with zero attached hydrogens (tertiary/aromatic N) is 1. The first-order chi connectivity index (χ1) is 9.40. The Morgan fingerprint density at radius 2 is 2.15 bits per heavy atom. The van der Waals surface area contributed by atoms with E-state index in [1.807, 2.05) is 0 Å². The summed E-state index contributed by atoms with van der Waals surface area (Å²) in [5.74, 6) is -2.91. The minimum absolute atomic E-state index is 0.0168. The molecule has 0 aromatic heterocycles. The first-order valence-corrected chi connectivity index (χ1v) is 6.18. The number of anilines is 1. The number of nitrogens with one attached hydrogen (secondary N) is 1. The minimum atomic E-state index is -1.07. The average molecular weight is 283 g/mol. The number of benzene rings is 1. The van der Waals surface area contributed by atoms with Gasteiger partial charge in [-0.15, -0.1) is 0 Å². The van der Waals surface area contributed by atoms with E-state index in [1.54, 1.807) is 7.05 Å². The van der Waals surface area contributed by atoms with Crippen molar-refractivity contribution in [3.8, 4) is 0 Å². The van der Waals surface area contributed by atoms with E-state index in [0.29, 0.717) is 19.4 Å². The zero-order chi connectivity index (χ0) is 14.9. The van der Waals surface area contributed by atoms with E-state index in [4.69, 9.17) is 5.73 Å². The highest BCUT2D eigenvalue weighted by Crippen LogP contribution is 2.19. The van der Waals surface area contributed by atoms with Gasteiger partial charge in [-0.05, 0) is 18.6 Å². The number of likely N-dealkylation sites (N-methyl/N-ethyl adjacent to an activating group) is 1. The molecule has 0 radical (unpaired) electrons. The monoisotopic (exact) mass is 283 g/mol. The third-order valence-corrected chi connectivity index (χ3v) is 3.31. The lowest BCUT2D eigenvalue weighted by atomic mass is 10.0. The van der Waals surface area contributed by atoms with Crippen LogP contribution in [0.25, 0.3) is 0 Å². The van der Waals surface area contributed by atoms with Crippen LogP contribution >= 0.6 is 0 Å². The number of piperidine rings is 1. The van der Waals surface area contributed by atoms with E-state index < -0.39 is 23.1 Å². The molecule has 0 saturated carbocycles. The molecule has 1 aromatic rings. The van der Waals surface area contributed by atoms with Crippen LogP contribution in [0.1, 0.15) is 23.2 Å². The smallest absolute Gasteiger partial charge is 0.257 e. The van der Waals surface area contributed by atoms with Crippen LogP contribution in [0.5, 0.6) is 0 Å². The van der Waals surface area contributed by atoms with Crippen molar-refractivity contribution in [3.05, 3.63) is 29.3 Å². The highest BCUT2D eigenvalue weighted by atomic mass is 19.1. The maximum Gasteiger partial charge on any atom is 0.257 e. The van der Waals surface area contributed by atoms with Gasteiger partial charge in [0.1, 0.15) is 11.4 Å². The van der Waals surface area contributed by atoms with Crippen molar-refractivity contribution in [1.29, 1.82) is 0 Å². The van der Waals surface area contributed by atoms with Gasteiger partial charge >= 0.3 is 0 Å². The molecule has 0 aliphatic carbocycles. The van der Waals surface area contributed by atoms with E-state index in [2.05, 4.69) is 5.32 Å². The number of rotatable bonds is 2. The third-order valence-electron chi connectivity index (χ3n) is 3.31. The first-order valence-electron chi connectivity index (χ1n) is 6.18. The van der Waals surface area contributed by atoms with Crippen LogP contribution in [-0.2, 0) is 4.79 Å². The Hall–Kier alpha value is -2.18. The maximum absolute atomic E-state index is 13.7. The molecule has 20 heavy (non-hydrogen) atoms. The summed E-state index contributed by atoms with van der Waals surface area (Å²) in [6.45, 7) is 0.316. The lowest BCUT2D eigenvalue weighted by molar-refractivity contribution is -0.132. The van der Waals surface area contributed by atoms with Gasteiger partial charge in [0.05, 0.1) is 5.69 Å². The minimum Gasteiger partial charge on any atom is -0.396 e. The molecule has 3 N–H and O–H groups in total. The maximum atomic E-state index is 13.7. The fraction of sp³-hybridized carbons (Fsp3) is 0.385. The molecule has 1 aromatic carbocycles. The van der Waals surface area contributed by atoms with Gasteiger partial charge in [-0.2, -0.15) is 0 Å². The number of carbonyl (C=O) groups is 2. The number of halogens is 2. The predicted molar refractivity (Wildman–Crippen MR) is 68.9 cm³/mol. The van der Waals surface area contributed by atoms with E-state index in [0.717, 1.165) is 12.1 Å². The Bertz CT molecular complexity index is 563. The highest BCUT2D eigenvalue weighted by Gasteiger charge is 2.27. The van der Waals surface area contributed by atoms with Crippen LogP contribution in [0.15, 0.2) is 12.1 Å². The zero-order valence-electron chi connectivity index (χ0n) is 11.0. The molecule has 1 aliphatic rings. The Morgan fingerprint density at radius 1 is 1.45 bits per heavy atom. The van der Waals surface area contributed by atoms with Crippen molar-refractivity contribution in [2.45, 2.75) is 18.9 Å². The number of nitrogens with two attached hydrogens (primary N) is 1. The number of amides is 2. The molecule has 0 bridgehead atoms. The van der Waals surface area contributed by atoms with Gasteiger partial charge in [-0.1, -0.05) is 0 Å². The second kappa shape index (κ2) is 5.44. The van der Waals surface area contributed by atoms with Crippen molar-refractivity contribution in [2.75, 3.05) is 19.3 Å². The number of hydrogen-bond donors (Lipinski definition) is 2. The molecule has 1 saturated heterocycles. The van der Waals surface area contributed by atoms with Gasteiger partial charge in [0, 0.05) is 26.1 Å². The molecular formula is C13H15F2N3O2. The standard InChI is InChI=1S/C13H15F2N3O2/c1-18-6-7(2-5-10(18)19)17-13(20)11-8(14)3-4-9(16)12(11)15/h3-4,7H,2,5-6,16H2,1H3,(H,17,20). The molecule has 7 heteroatoms. The van der Waals surface area contributed by atoms with Gasteiger partial charge in [0.2, 0.25) is 5.91 Å². The van der Waals surface area contributed by atoms with Crippen LogP contribution in [-0.4, -0.2) is 36.3 Å². The summed E-state index contributed by atoms with van der Waals surface area (Å²) in [4.78, 5) is 24.7. The fourth-order valence-corrected chi connectivity index (χ4v) is 2.16. The summed E-state index contributed by atoms with van der Waals surface area (Å²) < 4.78 is 27.3. The zero-order valence-corrected chi connectivity index (χ0v) is 11.0. The van der Waals surface area contributed by atoms with Gasteiger partial charge in [0.15, 0.2) is 5.82 Å². The van der Waals surface area contributed by atoms with Crippen LogP contribution in [0.4, 0.5) is 14.5 Å². The summed E-state index contributed by atoms with van der Waals surface area (Å²) in [5.41, 5.74) is 4.35. The van der Waals surface area contributed by atoms with Crippen LogP contribution in [0.3, 0.4) is 0 Å². The summed E-state index contributed by atoms with van der Waals surface area (Å²) in [6, 6.07) is 1.68. The van der Waals surface area contributed by atoms with Crippen molar-refractivity contribution in [1.82, 2.24) is 10.2 Å². The Kier molecular flexibility index (Phi) is 3.87. The molecule has 1 aliphatic heterocycles. The van der Waals surface area contributed by atoms with Crippen molar-refractivity contribution in [3.63, 3.8) is 0 Å². The molecule has 0 spiro atoms. The van der Waals surface area contributed by atoms with E-state index in [-0.39, 0.29) is 17.6 Å². The molecular weight excluding hydrogens is 268 g/mol. The molecule has 1 fully saturated rings. The van der Waals surface area contributed by atoms with Crippen molar-refractivity contribution >= 4 is 17.5 Å². The number of hydrogen-bond acceptors (Lipinski definition) is 3. The normalized spacial score (nSPS) is 19.1. The van der Waals surface area contributed by atoms with Crippen LogP contribution < -0.4 is 11.1 Å². The molecule has 108 valence electrons. The lowest BCUT2D eigenvalue weighted by Crippen LogP contribution is -2.48. The van der Waals surface area contributed by atoms with Gasteiger partial charge in [0.25, 0.3) is 5.91 Å². The fourth-order valence-electron chi connectivity index (χ4n) is 2.16. The lowest BCUT2D eigenvalue weighted by Gasteiger charge is -2.30. The molecule has 1 heterocycles. The Morgan fingerprint density at radius 3 is 2.80 bits per heavy atom. The third kappa shape index (κ3) is 2.71. The van der Waals surface area contributed by atoms with Gasteiger partial charge in [-0.3, -0.25) is 9.59 Å². The predicted octanol–water partition coefficient (Wildman–Crippen LogP) is 0.898. The molecule has 2 amide bonds. The first kappa shape index (κ1) is 14.2. The Labute approximate surface area is 114 Å². The Balaban J connectivity index is 2.13. The summed E-state index contributed by atoms with van der Waals surface area (Å²) >= 11 is 0.